The number of benzene rings is 2. The molecule has 0 aliphatic carbocycles. The first-order chi connectivity index (χ1) is 14.0. The van der Waals surface area contributed by atoms with Crippen molar-refractivity contribution in [1.29, 1.82) is 0 Å². The second-order valence-electron chi connectivity index (χ2n) is 7.53. The summed E-state index contributed by atoms with van der Waals surface area (Å²) in [5.74, 6) is 0.131. The van der Waals surface area contributed by atoms with E-state index in [1.165, 1.54) is 17.5 Å². The van der Waals surface area contributed by atoms with Gasteiger partial charge in [-0.15, -0.1) is 0 Å². The molecule has 1 amide bonds. The smallest absolute Gasteiger partial charge is 0.268 e. The number of rotatable bonds is 4. The molecule has 2 heterocycles. The lowest BCUT2D eigenvalue weighted by Gasteiger charge is -2.31. The number of anilines is 1. The van der Waals surface area contributed by atoms with Gasteiger partial charge in [0.05, 0.1) is 12.8 Å². The first-order valence-corrected chi connectivity index (χ1v) is 11.5. The Morgan fingerprint density at radius 3 is 2.48 bits per heavy atom. The molecule has 2 aromatic carbocycles. The van der Waals surface area contributed by atoms with Crippen LogP contribution < -0.4 is 9.04 Å². The van der Waals surface area contributed by atoms with Gasteiger partial charge in [-0.25, -0.2) is 8.42 Å². The molecular formula is C22H26N2O4S. The Hall–Kier alpha value is -2.54. The molecule has 0 spiro atoms. The summed E-state index contributed by atoms with van der Waals surface area (Å²) in [5, 5.41) is 0. The number of carbonyl (C=O) groups excluding carboxylic acids is 1. The summed E-state index contributed by atoms with van der Waals surface area (Å²) in [7, 11) is -2.42. The quantitative estimate of drug-likeness (QED) is 0.768. The lowest BCUT2D eigenvalue weighted by molar-refractivity contribution is 0.0724. The molecule has 1 saturated heterocycles. The van der Waals surface area contributed by atoms with Gasteiger partial charge < -0.3 is 9.64 Å². The summed E-state index contributed by atoms with van der Waals surface area (Å²) >= 11 is 0. The van der Waals surface area contributed by atoms with E-state index in [1.54, 1.807) is 17.0 Å². The molecule has 0 unspecified atom stereocenters. The number of sulfonamides is 1. The van der Waals surface area contributed by atoms with Crippen LogP contribution in [0.4, 0.5) is 5.69 Å². The number of fused-ring (bicyclic) bond motifs is 1. The first-order valence-electron chi connectivity index (χ1n) is 10.1. The third kappa shape index (κ3) is 3.71. The minimum Gasteiger partial charge on any atom is -0.495 e. The Morgan fingerprint density at radius 1 is 0.966 bits per heavy atom. The van der Waals surface area contributed by atoms with Gasteiger partial charge in [-0.3, -0.25) is 9.10 Å². The molecule has 1 fully saturated rings. The summed E-state index contributed by atoms with van der Waals surface area (Å²) in [6.45, 7) is 1.84. The molecule has 154 valence electrons. The third-order valence-corrected chi connectivity index (χ3v) is 7.52. The fraction of sp³-hybridized carbons (Fsp3) is 0.409. The zero-order chi connectivity index (χ0) is 20.4. The van der Waals surface area contributed by atoms with E-state index in [2.05, 4.69) is 0 Å². The molecule has 0 radical (unpaired) electrons. The number of methoxy groups -OCH3 is 1. The zero-order valence-corrected chi connectivity index (χ0v) is 17.5. The highest BCUT2D eigenvalue weighted by molar-refractivity contribution is 7.93. The van der Waals surface area contributed by atoms with Gasteiger partial charge in [0.15, 0.2) is 0 Å². The number of likely N-dealkylation sites (tertiary alicyclic amines) is 1. The lowest BCUT2D eigenvalue weighted by atomic mass is 10.0. The lowest BCUT2D eigenvalue weighted by Crippen LogP contribution is -2.37. The SMILES string of the molecule is COc1ccc(C(=O)N2CCCCC2)cc1S(=O)(=O)N1CCCc2ccccc21. The minimum atomic E-state index is -3.87. The molecule has 29 heavy (non-hydrogen) atoms. The van der Waals surface area contributed by atoms with Crippen LogP contribution in [-0.2, 0) is 16.4 Å². The highest BCUT2D eigenvalue weighted by atomic mass is 32.2. The Balaban J connectivity index is 1.74. The number of piperidine rings is 1. The van der Waals surface area contributed by atoms with Gasteiger partial charge in [0.25, 0.3) is 15.9 Å². The molecule has 2 aliphatic heterocycles. The second kappa shape index (κ2) is 8.06. The summed E-state index contributed by atoms with van der Waals surface area (Å²) in [6.07, 6.45) is 4.70. The molecule has 0 saturated carbocycles. The second-order valence-corrected chi connectivity index (χ2v) is 9.36. The highest BCUT2D eigenvalue weighted by Gasteiger charge is 2.32. The number of amides is 1. The van der Waals surface area contributed by atoms with E-state index >= 15 is 0 Å². The molecule has 6 nitrogen and oxygen atoms in total. The van der Waals surface area contributed by atoms with Crippen LogP contribution in [0.1, 0.15) is 41.6 Å². The van der Waals surface area contributed by atoms with Gasteiger partial charge in [-0.2, -0.15) is 0 Å². The number of para-hydroxylation sites is 1. The van der Waals surface area contributed by atoms with Crippen LogP contribution in [0.25, 0.3) is 0 Å². The predicted octanol–water partition coefficient (Wildman–Crippen LogP) is 3.46. The normalized spacial score (nSPS) is 17.0. The summed E-state index contributed by atoms with van der Waals surface area (Å²) < 4.78 is 34.0. The van der Waals surface area contributed by atoms with Gasteiger partial charge in [-0.1, -0.05) is 18.2 Å². The third-order valence-electron chi connectivity index (χ3n) is 5.69. The maximum Gasteiger partial charge on any atom is 0.268 e. The van der Waals surface area contributed by atoms with Crippen molar-refractivity contribution in [3.8, 4) is 5.75 Å². The van der Waals surface area contributed by atoms with Crippen LogP contribution in [-0.4, -0.2) is 46.0 Å². The number of hydrogen-bond acceptors (Lipinski definition) is 4. The van der Waals surface area contributed by atoms with Crippen molar-refractivity contribution < 1.29 is 17.9 Å². The molecule has 2 aliphatic rings. The molecular weight excluding hydrogens is 388 g/mol. The largest absolute Gasteiger partial charge is 0.495 e. The van der Waals surface area contributed by atoms with E-state index in [1.807, 2.05) is 24.3 Å². The van der Waals surface area contributed by atoms with Gasteiger partial charge in [0.2, 0.25) is 0 Å². The van der Waals surface area contributed by atoms with Crippen LogP contribution in [0.3, 0.4) is 0 Å². The summed E-state index contributed by atoms with van der Waals surface area (Å²) in [6, 6.07) is 12.3. The molecule has 7 heteroatoms. The Morgan fingerprint density at radius 2 is 1.72 bits per heavy atom. The number of hydrogen-bond donors (Lipinski definition) is 0. The van der Waals surface area contributed by atoms with Gasteiger partial charge >= 0.3 is 0 Å². The molecule has 0 N–H and O–H groups in total. The molecule has 4 rings (SSSR count). The highest BCUT2D eigenvalue weighted by Crippen LogP contribution is 2.35. The molecule has 0 aromatic heterocycles. The predicted molar refractivity (Wildman–Crippen MR) is 112 cm³/mol. The number of ether oxygens (including phenoxy) is 1. The average molecular weight is 415 g/mol. The topological polar surface area (TPSA) is 66.9 Å². The van der Waals surface area contributed by atoms with E-state index in [0.717, 1.165) is 37.7 Å². The zero-order valence-electron chi connectivity index (χ0n) is 16.6. The standard InChI is InChI=1S/C22H26N2O4S/c1-28-20-12-11-18(22(25)23-13-5-2-6-14-23)16-21(20)29(26,27)24-15-7-9-17-8-3-4-10-19(17)24/h3-4,8,10-12,16H,2,5-7,9,13-15H2,1H3. The van der Waals surface area contributed by atoms with Crippen LogP contribution in [0.15, 0.2) is 47.4 Å². The monoisotopic (exact) mass is 414 g/mol. The van der Waals surface area contributed by atoms with Crippen LogP contribution in [0.2, 0.25) is 0 Å². The van der Waals surface area contributed by atoms with Gasteiger partial charge in [-0.05, 0) is 61.9 Å². The van der Waals surface area contributed by atoms with Crippen molar-refractivity contribution in [2.45, 2.75) is 37.0 Å². The van der Waals surface area contributed by atoms with Crippen LogP contribution >= 0.6 is 0 Å². The van der Waals surface area contributed by atoms with E-state index in [9.17, 15) is 13.2 Å². The van der Waals surface area contributed by atoms with Crippen molar-refractivity contribution in [3.63, 3.8) is 0 Å². The van der Waals surface area contributed by atoms with Crippen LogP contribution in [0.5, 0.6) is 5.75 Å². The maximum absolute atomic E-state index is 13.6. The molecule has 0 bridgehead atoms. The summed E-state index contributed by atoms with van der Waals surface area (Å²) in [5.41, 5.74) is 2.10. The van der Waals surface area contributed by atoms with Crippen molar-refractivity contribution in [1.82, 2.24) is 4.90 Å². The van der Waals surface area contributed by atoms with Crippen molar-refractivity contribution in [3.05, 3.63) is 53.6 Å². The average Bonchev–Trinajstić information content (AvgIpc) is 2.78. The van der Waals surface area contributed by atoms with E-state index in [4.69, 9.17) is 4.74 Å². The van der Waals surface area contributed by atoms with Crippen molar-refractivity contribution >= 4 is 21.6 Å². The Labute approximate surface area is 172 Å². The fourth-order valence-electron chi connectivity index (χ4n) is 4.16. The number of aryl methyl sites for hydroxylation is 1. The maximum atomic E-state index is 13.6. The molecule has 2 aromatic rings. The Bertz CT molecular complexity index is 1010. The van der Waals surface area contributed by atoms with Crippen LogP contribution in [0, 0.1) is 0 Å². The van der Waals surface area contributed by atoms with E-state index in [-0.39, 0.29) is 16.6 Å². The van der Waals surface area contributed by atoms with Gasteiger partial charge in [0, 0.05) is 25.2 Å². The number of nitrogens with zero attached hydrogens (tertiary/aromatic N) is 2. The van der Waals surface area contributed by atoms with Crippen molar-refractivity contribution in [2.75, 3.05) is 31.0 Å². The summed E-state index contributed by atoms with van der Waals surface area (Å²) in [4.78, 5) is 14.8. The van der Waals surface area contributed by atoms with E-state index in [0.29, 0.717) is 30.9 Å². The van der Waals surface area contributed by atoms with Gasteiger partial charge in [0.1, 0.15) is 10.6 Å². The first kappa shape index (κ1) is 19.8. The Kier molecular flexibility index (Phi) is 5.50. The van der Waals surface area contributed by atoms with Crippen molar-refractivity contribution in [2.24, 2.45) is 0 Å². The number of carbonyl (C=O) groups is 1. The van der Waals surface area contributed by atoms with E-state index < -0.39 is 10.0 Å². The fourth-order valence-corrected chi connectivity index (χ4v) is 5.88. The minimum absolute atomic E-state index is 0.0413. The molecule has 0 atom stereocenters.